The zero-order chi connectivity index (χ0) is 22.3. The number of fused-ring (bicyclic) bond motifs is 2. The monoisotopic (exact) mass is 463 g/mol. The van der Waals surface area contributed by atoms with Crippen LogP contribution in [0.2, 0.25) is 5.02 Å². The van der Waals surface area contributed by atoms with Gasteiger partial charge < -0.3 is 25.9 Å². The Labute approximate surface area is 184 Å². The SMILES string of the molecule is COCCN(C)S(=O)(=O)c1cc2c(N)c(C3=Nc4ccccc4NC3O)[nH]c2cc1Cl. The molecule has 9 nitrogen and oxygen atoms in total. The van der Waals surface area contributed by atoms with Gasteiger partial charge in [-0.05, 0) is 24.3 Å². The maximum absolute atomic E-state index is 13.0. The molecule has 1 aliphatic rings. The molecular weight excluding hydrogens is 442 g/mol. The number of anilines is 2. The topological polar surface area (TPSA) is 133 Å². The third kappa shape index (κ3) is 3.77. The number of hydrogen-bond donors (Lipinski definition) is 4. The molecule has 1 unspecified atom stereocenters. The summed E-state index contributed by atoms with van der Waals surface area (Å²) < 4.78 is 32.1. The van der Waals surface area contributed by atoms with Gasteiger partial charge in [-0.2, -0.15) is 4.31 Å². The molecule has 2 aromatic carbocycles. The molecule has 0 saturated heterocycles. The number of para-hydroxylation sites is 2. The van der Waals surface area contributed by atoms with Gasteiger partial charge in [-0.25, -0.2) is 13.4 Å². The Hall–Kier alpha value is -2.63. The Morgan fingerprint density at radius 1 is 1.32 bits per heavy atom. The molecule has 0 amide bonds. The smallest absolute Gasteiger partial charge is 0.244 e. The van der Waals surface area contributed by atoms with E-state index in [1.807, 2.05) is 24.3 Å². The number of likely N-dealkylation sites (N-methyl/N-ethyl adjacent to an activating group) is 1. The first-order valence-electron chi connectivity index (χ1n) is 9.42. The van der Waals surface area contributed by atoms with Crippen LogP contribution in [0.5, 0.6) is 0 Å². The lowest BCUT2D eigenvalue weighted by Crippen LogP contribution is -2.32. The van der Waals surface area contributed by atoms with Crippen molar-refractivity contribution in [1.29, 1.82) is 0 Å². The van der Waals surface area contributed by atoms with Crippen LogP contribution in [-0.4, -0.2) is 62.1 Å². The lowest BCUT2D eigenvalue weighted by Gasteiger charge is -2.22. The standard InChI is InChI=1S/C20H22ClN5O4S/c1-26(7-8-30-2)31(28,29)16-9-11-15(10-12(16)21)24-18(17(11)22)19-20(27)25-14-6-4-3-5-13(14)23-19/h3-6,9-10,20,24-25,27H,7-8,22H2,1-2H3. The molecule has 0 fully saturated rings. The number of ether oxygens (including phenoxy) is 1. The highest BCUT2D eigenvalue weighted by atomic mass is 35.5. The Kier molecular flexibility index (Phi) is 5.67. The second-order valence-electron chi connectivity index (χ2n) is 7.12. The van der Waals surface area contributed by atoms with E-state index < -0.39 is 16.3 Å². The fourth-order valence-corrected chi connectivity index (χ4v) is 5.10. The third-order valence-electron chi connectivity index (χ3n) is 5.14. The number of H-pyrrole nitrogens is 1. The van der Waals surface area contributed by atoms with Crippen LogP contribution in [0.1, 0.15) is 5.69 Å². The Morgan fingerprint density at radius 3 is 2.81 bits per heavy atom. The second kappa shape index (κ2) is 8.13. The number of nitrogens with two attached hydrogens (primary N) is 1. The molecule has 4 rings (SSSR count). The summed E-state index contributed by atoms with van der Waals surface area (Å²) in [6, 6.07) is 10.2. The first-order chi connectivity index (χ1) is 14.7. The van der Waals surface area contributed by atoms with Crippen LogP contribution in [0.25, 0.3) is 10.9 Å². The maximum atomic E-state index is 13.0. The van der Waals surface area contributed by atoms with Crippen molar-refractivity contribution in [3.05, 3.63) is 47.1 Å². The van der Waals surface area contributed by atoms with Gasteiger partial charge in [-0.3, -0.25) is 0 Å². The van der Waals surface area contributed by atoms with E-state index in [2.05, 4.69) is 15.3 Å². The molecule has 0 saturated carbocycles. The van der Waals surface area contributed by atoms with Crippen LogP contribution in [0.3, 0.4) is 0 Å². The van der Waals surface area contributed by atoms with E-state index in [4.69, 9.17) is 22.1 Å². The van der Waals surface area contributed by atoms with Crippen molar-refractivity contribution >= 4 is 55.3 Å². The van der Waals surface area contributed by atoms with Crippen molar-refractivity contribution in [1.82, 2.24) is 9.29 Å². The van der Waals surface area contributed by atoms with Crippen molar-refractivity contribution in [2.75, 3.05) is 38.4 Å². The molecular formula is C20H22ClN5O4S. The number of nitrogens with zero attached hydrogens (tertiary/aromatic N) is 2. The first kappa shape index (κ1) is 21.6. The van der Waals surface area contributed by atoms with E-state index >= 15 is 0 Å². The fraction of sp³-hybridized carbons (Fsp3) is 0.250. The van der Waals surface area contributed by atoms with Crippen molar-refractivity contribution < 1.29 is 18.3 Å². The van der Waals surface area contributed by atoms with Gasteiger partial charge in [0.2, 0.25) is 10.0 Å². The quantitative estimate of drug-likeness (QED) is 0.444. The van der Waals surface area contributed by atoms with Crippen molar-refractivity contribution in [2.24, 2.45) is 4.99 Å². The normalized spacial score (nSPS) is 16.3. The van der Waals surface area contributed by atoms with Crippen molar-refractivity contribution in [3.8, 4) is 0 Å². The van der Waals surface area contributed by atoms with Crippen LogP contribution < -0.4 is 11.1 Å². The van der Waals surface area contributed by atoms with Gasteiger partial charge in [0.15, 0.2) is 6.23 Å². The number of aliphatic hydroxyl groups excluding tert-OH is 1. The molecule has 0 radical (unpaired) electrons. The molecule has 1 atom stereocenters. The highest BCUT2D eigenvalue weighted by Crippen LogP contribution is 2.36. The van der Waals surface area contributed by atoms with Gasteiger partial charge in [0.05, 0.1) is 34.4 Å². The first-order valence-corrected chi connectivity index (χ1v) is 11.2. The van der Waals surface area contributed by atoms with Crippen molar-refractivity contribution in [2.45, 2.75) is 11.1 Å². The van der Waals surface area contributed by atoms with Crippen molar-refractivity contribution in [3.63, 3.8) is 0 Å². The molecule has 2 heterocycles. The number of aromatic amines is 1. The molecule has 0 bridgehead atoms. The van der Waals surface area contributed by atoms with Gasteiger partial charge in [0.25, 0.3) is 0 Å². The highest BCUT2D eigenvalue weighted by molar-refractivity contribution is 7.89. The average Bonchev–Trinajstić information content (AvgIpc) is 3.05. The average molecular weight is 464 g/mol. The number of sulfonamides is 1. The number of aromatic nitrogens is 1. The largest absolute Gasteiger partial charge is 0.396 e. The van der Waals surface area contributed by atoms with E-state index in [1.165, 1.54) is 30.6 Å². The number of aliphatic hydroxyl groups is 1. The minimum absolute atomic E-state index is 0.0548. The van der Waals surface area contributed by atoms with E-state index in [9.17, 15) is 13.5 Å². The summed E-state index contributed by atoms with van der Waals surface area (Å²) in [4.78, 5) is 7.57. The number of rotatable bonds is 6. The summed E-state index contributed by atoms with van der Waals surface area (Å²) in [7, 11) is -0.904. The number of halogens is 1. The summed E-state index contributed by atoms with van der Waals surface area (Å²) in [5, 5.41) is 14.0. The van der Waals surface area contributed by atoms with Gasteiger partial charge in [-0.15, -0.1) is 0 Å². The molecule has 1 aromatic heterocycles. The third-order valence-corrected chi connectivity index (χ3v) is 7.46. The van der Waals surface area contributed by atoms with Crippen LogP contribution in [0.15, 0.2) is 46.3 Å². The molecule has 1 aliphatic heterocycles. The number of aliphatic imine (C=N–C) groups is 1. The minimum Gasteiger partial charge on any atom is -0.396 e. The molecule has 11 heteroatoms. The van der Waals surface area contributed by atoms with E-state index in [-0.39, 0.29) is 28.8 Å². The van der Waals surface area contributed by atoms with E-state index in [0.717, 1.165) is 0 Å². The molecule has 0 spiro atoms. The Balaban J connectivity index is 1.82. The van der Waals surface area contributed by atoms with Crippen LogP contribution >= 0.6 is 11.6 Å². The molecule has 5 N–H and O–H groups in total. The van der Waals surface area contributed by atoms with Gasteiger partial charge in [-0.1, -0.05) is 23.7 Å². The number of nitrogen functional groups attached to an aromatic ring is 1. The summed E-state index contributed by atoms with van der Waals surface area (Å²) in [5.74, 6) is 0. The Bertz CT molecular complexity index is 1290. The molecule has 164 valence electrons. The number of methoxy groups -OCH3 is 1. The van der Waals surface area contributed by atoms with E-state index in [0.29, 0.717) is 33.7 Å². The predicted molar refractivity (Wildman–Crippen MR) is 122 cm³/mol. The summed E-state index contributed by atoms with van der Waals surface area (Å²) in [6.45, 7) is 0.424. The highest BCUT2D eigenvalue weighted by Gasteiger charge is 2.28. The van der Waals surface area contributed by atoms with Crippen LogP contribution in [0.4, 0.5) is 17.1 Å². The van der Waals surface area contributed by atoms with Gasteiger partial charge in [0, 0.05) is 31.6 Å². The molecule has 3 aromatic rings. The predicted octanol–water partition coefficient (Wildman–Crippen LogP) is 2.54. The zero-order valence-electron chi connectivity index (χ0n) is 16.9. The number of nitrogens with one attached hydrogen (secondary N) is 2. The summed E-state index contributed by atoms with van der Waals surface area (Å²) >= 11 is 6.32. The van der Waals surface area contributed by atoms with E-state index in [1.54, 1.807) is 0 Å². The Morgan fingerprint density at radius 2 is 2.06 bits per heavy atom. The summed E-state index contributed by atoms with van der Waals surface area (Å²) in [5.41, 5.74) is 9.19. The lowest BCUT2D eigenvalue weighted by atomic mass is 10.1. The number of hydrogen-bond acceptors (Lipinski definition) is 7. The van der Waals surface area contributed by atoms with Crippen LogP contribution in [0, 0.1) is 0 Å². The zero-order valence-corrected chi connectivity index (χ0v) is 18.5. The van der Waals surface area contributed by atoms with Crippen LogP contribution in [-0.2, 0) is 14.8 Å². The van der Waals surface area contributed by atoms with Gasteiger partial charge >= 0.3 is 0 Å². The minimum atomic E-state index is -3.86. The number of benzene rings is 2. The maximum Gasteiger partial charge on any atom is 0.244 e. The molecule has 31 heavy (non-hydrogen) atoms. The van der Waals surface area contributed by atoms with Gasteiger partial charge in [0.1, 0.15) is 10.6 Å². The second-order valence-corrected chi connectivity index (χ2v) is 9.54. The fourth-order valence-electron chi connectivity index (χ4n) is 3.42. The lowest BCUT2D eigenvalue weighted by molar-refractivity contribution is 0.185. The summed E-state index contributed by atoms with van der Waals surface area (Å²) in [6.07, 6.45) is -1.09. The molecule has 0 aliphatic carbocycles.